The van der Waals surface area contributed by atoms with E-state index in [-0.39, 0.29) is 10.1 Å². The summed E-state index contributed by atoms with van der Waals surface area (Å²) in [6.45, 7) is 0. The molecule has 0 spiro atoms. The Labute approximate surface area is 61.8 Å². The van der Waals surface area contributed by atoms with E-state index in [1.165, 1.54) is 0 Å². The van der Waals surface area contributed by atoms with Crippen molar-refractivity contribution in [3.05, 3.63) is 0 Å². The predicted molar refractivity (Wildman–Crippen MR) is 40.0 cm³/mol. The molecule has 0 rings (SSSR count). The largest absolute Gasteiger partial charge is 0.481 e. The van der Waals surface area contributed by atoms with Gasteiger partial charge in [0.25, 0.3) is 0 Å². The number of aliphatic carboxylic acids is 1. The molecule has 0 aliphatic carbocycles. The molecule has 4 N–H and O–H groups in total. The summed E-state index contributed by atoms with van der Waals surface area (Å²) in [5, 5.41) is 8.11. The first kappa shape index (κ1) is 8.67. The van der Waals surface area contributed by atoms with Crippen molar-refractivity contribution in [1.82, 2.24) is 5.43 Å². The van der Waals surface area contributed by atoms with Crippen molar-refractivity contribution in [3.8, 4) is 0 Å². The highest BCUT2D eigenvalue weighted by atomic mass is 32.2. The molecule has 0 atom stereocenters. The molecule has 0 fully saturated rings. The average Bonchev–Trinajstić information content (AvgIpc) is 1.83. The third kappa shape index (κ3) is 5.54. The zero-order chi connectivity index (χ0) is 7.28. The molecule has 9 heavy (non-hydrogen) atoms. The minimum atomic E-state index is -0.905. The van der Waals surface area contributed by atoms with E-state index in [9.17, 15) is 4.79 Å². The van der Waals surface area contributed by atoms with Crippen molar-refractivity contribution in [3.63, 3.8) is 0 Å². The number of hydrazine groups is 1. The normalized spacial score (nSPS) is 8.56. The van der Waals surface area contributed by atoms with Crippen LogP contribution in [0.15, 0.2) is 0 Å². The van der Waals surface area contributed by atoms with Crippen molar-refractivity contribution < 1.29 is 9.90 Å². The van der Waals surface area contributed by atoms with Gasteiger partial charge in [-0.1, -0.05) is 24.0 Å². The van der Waals surface area contributed by atoms with Gasteiger partial charge >= 0.3 is 5.97 Å². The van der Waals surface area contributed by atoms with Crippen LogP contribution in [0.3, 0.4) is 0 Å². The summed E-state index contributed by atoms with van der Waals surface area (Å²) in [6.07, 6.45) is 0. The maximum Gasteiger partial charge on any atom is 0.313 e. The number of rotatable bonds is 2. The number of carbonyl (C=O) groups is 1. The first-order valence-corrected chi connectivity index (χ1v) is 3.41. The molecule has 4 nitrogen and oxygen atoms in total. The average molecular weight is 166 g/mol. The summed E-state index contributed by atoms with van der Waals surface area (Å²) in [4.78, 5) is 9.87. The molecule has 0 saturated carbocycles. The molecule has 0 aromatic carbocycles. The molecule has 0 aliphatic heterocycles. The highest BCUT2D eigenvalue weighted by molar-refractivity contribution is 8.23. The maximum absolute atomic E-state index is 9.87. The van der Waals surface area contributed by atoms with Gasteiger partial charge in [-0.15, -0.1) is 0 Å². The fourth-order valence-electron chi connectivity index (χ4n) is 0.169. The van der Waals surface area contributed by atoms with Gasteiger partial charge in [-0.25, -0.2) is 5.84 Å². The lowest BCUT2D eigenvalue weighted by atomic mass is 10.8. The number of thiocarbonyl (C=S) groups is 1. The van der Waals surface area contributed by atoms with Crippen molar-refractivity contribution in [2.75, 3.05) is 5.75 Å². The van der Waals surface area contributed by atoms with E-state index < -0.39 is 5.97 Å². The van der Waals surface area contributed by atoms with Gasteiger partial charge in [0.15, 0.2) is 0 Å². The zero-order valence-corrected chi connectivity index (χ0v) is 6.09. The summed E-state index contributed by atoms with van der Waals surface area (Å²) >= 11 is 5.52. The number of hydrogen-bond acceptors (Lipinski definition) is 4. The minimum absolute atomic E-state index is 0.0525. The SMILES string of the molecule is NNC(=S)SCC(=O)O. The van der Waals surface area contributed by atoms with Gasteiger partial charge in [0, 0.05) is 0 Å². The van der Waals surface area contributed by atoms with Gasteiger partial charge in [0.1, 0.15) is 4.32 Å². The van der Waals surface area contributed by atoms with Crippen LogP contribution in [-0.2, 0) is 4.79 Å². The monoisotopic (exact) mass is 166 g/mol. The Morgan fingerprint density at radius 1 is 1.89 bits per heavy atom. The van der Waals surface area contributed by atoms with E-state index >= 15 is 0 Å². The second-order valence-electron chi connectivity index (χ2n) is 1.11. The van der Waals surface area contributed by atoms with Crippen LogP contribution in [0, 0.1) is 0 Å². The number of nitrogens with two attached hydrogens (primary N) is 1. The molecule has 0 aromatic heterocycles. The van der Waals surface area contributed by atoms with Crippen molar-refractivity contribution in [2.24, 2.45) is 5.84 Å². The van der Waals surface area contributed by atoms with Crippen LogP contribution in [-0.4, -0.2) is 21.1 Å². The zero-order valence-electron chi connectivity index (χ0n) is 4.46. The van der Waals surface area contributed by atoms with E-state index in [2.05, 4.69) is 17.6 Å². The Balaban J connectivity index is 3.28. The van der Waals surface area contributed by atoms with Crippen LogP contribution in [0.25, 0.3) is 0 Å². The fraction of sp³-hybridized carbons (Fsp3) is 0.333. The molecule has 0 aromatic rings. The second kappa shape index (κ2) is 4.54. The first-order valence-electron chi connectivity index (χ1n) is 2.02. The topological polar surface area (TPSA) is 75.3 Å². The smallest absolute Gasteiger partial charge is 0.313 e. The highest BCUT2D eigenvalue weighted by Crippen LogP contribution is 1.98. The quantitative estimate of drug-likeness (QED) is 0.293. The molecular weight excluding hydrogens is 160 g/mol. The van der Waals surface area contributed by atoms with Crippen LogP contribution in [0.5, 0.6) is 0 Å². The molecule has 52 valence electrons. The van der Waals surface area contributed by atoms with Crippen LogP contribution in [0.4, 0.5) is 0 Å². The third-order valence-electron chi connectivity index (χ3n) is 0.445. The van der Waals surface area contributed by atoms with E-state index in [1.54, 1.807) is 0 Å². The Morgan fingerprint density at radius 3 is 2.78 bits per heavy atom. The summed E-state index contributed by atoms with van der Waals surface area (Å²) in [7, 11) is 0. The van der Waals surface area contributed by atoms with Crippen molar-refractivity contribution in [2.45, 2.75) is 0 Å². The Morgan fingerprint density at radius 2 is 2.44 bits per heavy atom. The van der Waals surface area contributed by atoms with Gasteiger partial charge in [0.2, 0.25) is 0 Å². The van der Waals surface area contributed by atoms with Crippen LogP contribution >= 0.6 is 24.0 Å². The minimum Gasteiger partial charge on any atom is -0.481 e. The first-order chi connectivity index (χ1) is 4.16. The van der Waals surface area contributed by atoms with Gasteiger partial charge in [0.05, 0.1) is 5.75 Å². The Hall–Kier alpha value is -0.330. The molecule has 0 bridgehead atoms. The van der Waals surface area contributed by atoms with Gasteiger partial charge < -0.3 is 10.5 Å². The number of carboxylic acid groups (broad SMARTS) is 1. The van der Waals surface area contributed by atoms with Crippen LogP contribution in [0.1, 0.15) is 0 Å². The number of thioether (sulfide) groups is 1. The highest BCUT2D eigenvalue weighted by Gasteiger charge is 1.98. The van der Waals surface area contributed by atoms with E-state index in [1.807, 2.05) is 0 Å². The van der Waals surface area contributed by atoms with Gasteiger partial charge in [-0.05, 0) is 0 Å². The van der Waals surface area contributed by atoms with Crippen molar-refractivity contribution >= 4 is 34.3 Å². The summed E-state index contributed by atoms with van der Waals surface area (Å²) in [5.74, 6) is 3.90. The molecule has 0 amide bonds. The lowest BCUT2D eigenvalue weighted by Gasteiger charge is -1.96. The standard InChI is InChI=1S/C3H6N2O2S2/c4-5-3(8)9-1-2(6)7/h1,4H2,(H,5,8)(H,6,7). The molecule has 0 unspecified atom stereocenters. The second-order valence-corrected chi connectivity index (χ2v) is 2.77. The summed E-state index contributed by atoms with van der Waals surface area (Å²) in [6, 6.07) is 0. The Bertz CT molecular complexity index is 127. The van der Waals surface area contributed by atoms with E-state index in [0.29, 0.717) is 0 Å². The molecule has 0 aliphatic rings. The summed E-state index contributed by atoms with van der Waals surface area (Å²) < 4.78 is 0.289. The molecule has 6 heteroatoms. The lowest BCUT2D eigenvalue weighted by molar-refractivity contribution is -0.133. The molecule has 0 radical (unpaired) electrons. The van der Waals surface area contributed by atoms with Gasteiger partial charge in [-0.2, -0.15) is 0 Å². The van der Waals surface area contributed by atoms with Crippen LogP contribution in [0.2, 0.25) is 0 Å². The maximum atomic E-state index is 9.87. The Kier molecular flexibility index (Phi) is 4.37. The van der Waals surface area contributed by atoms with Crippen molar-refractivity contribution in [1.29, 1.82) is 0 Å². The number of hydrogen-bond donors (Lipinski definition) is 3. The van der Waals surface area contributed by atoms with Crippen LogP contribution < -0.4 is 11.3 Å². The summed E-state index contributed by atoms with van der Waals surface area (Å²) in [5.41, 5.74) is 2.15. The number of nitrogens with one attached hydrogen (secondary N) is 1. The van der Waals surface area contributed by atoms with Gasteiger partial charge in [-0.3, -0.25) is 4.79 Å². The molecule has 0 saturated heterocycles. The molecule has 0 heterocycles. The van der Waals surface area contributed by atoms with E-state index in [0.717, 1.165) is 11.8 Å². The fourth-order valence-corrected chi connectivity index (χ4v) is 0.684. The predicted octanol–water partition coefficient (Wildman–Crippen LogP) is -0.448. The lowest BCUT2D eigenvalue weighted by Crippen LogP contribution is -2.26. The third-order valence-corrected chi connectivity index (χ3v) is 1.69. The number of carboxylic acids is 1. The molecular formula is C3H6N2O2S2. The van der Waals surface area contributed by atoms with E-state index in [4.69, 9.17) is 10.9 Å².